The summed E-state index contributed by atoms with van der Waals surface area (Å²) in [6, 6.07) is 0. The smallest absolute Gasteiger partial charge is 0.220 e. The second kappa shape index (κ2) is 9.30. The summed E-state index contributed by atoms with van der Waals surface area (Å²) < 4.78 is 9.87. The van der Waals surface area contributed by atoms with Crippen LogP contribution in [-0.4, -0.2) is 45.0 Å². The number of hydrogen-bond donors (Lipinski definition) is 1. The van der Waals surface area contributed by atoms with Gasteiger partial charge >= 0.3 is 0 Å². The van der Waals surface area contributed by atoms with E-state index in [-0.39, 0.29) is 12.2 Å². The zero-order valence-corrected chi connectivity index (χ0v) is 9.86. The van der Waals surface area contributed by atoms with E-state index in [0.29, 0.717) is 13.0 Å². The first-order valence-electron chi connectivity index (χ1n) is 4.55. The fourth-order valence-corrected chi connectivity index (χ4v) is 1.36. The number of rotatable bonds is 8. The van der Waals surface area contributed by atoms with Crippen LogP contribution < -0.4 is 5.32 Å². The van der Waals surface area contributed by atoms with Crippen molar-refractivity contribution in [2.75, 3.05) is 32.8 Å². The number of amides is 1. The van der Waals surface area contributed by atoms with E-state index in [2.05, 4.69) is 5.32 Å². The van der Waals surface area contributed by atoms with E-state index in [1.165, 1.54) is 0 Å². The normalized spacial score (nSPS) is 10.6. The van der Waals surface area contributed by atoms with E-state index < -0.39 is 0 Å². The van der Waals surface area contributed by atoms with Crippen molar-refractivity contribution in [1.82, 2.24) is 5.32 Å². The topological polar surface area (TPSA) is 47.6 Å². The van der Waals surface area contributed by atoms with Gasteiger partial charge in [-0.1, -0.05) is 0 Å². The minimum absolute atomic E-state index is 0.0538. The first-order chi connectivity index (χ1) is 6.74. The van der Waals surface area contributed by atoms with Gasteiger partial charge in [-0.2, -0.15) is 11.8 Å². The maximum absolute atomic E-state index is 11.2. The Morgan fingerprint density at radius 1 is 1.43 bits per heavy atom. The molecule has 84 valence electrons. The van der Waals surface area contributed by atoms with Crippen LogP contribution in [0.1, 0.15) is 12.8 Å². The second-order valence-electron chi connectivity index (χ2n) is 2.80. The van der Waals surface area contributed by atoms with Crippen molar-refractivity contribution in [3.8, 4) is 0 Å². The predicted molar refractivity (Wildman–Crippen MR) is 58.4 cm³/mol. The molecule has 0 unspecified atom stereocenters. The van der Waals surface area contributed by atoms with E-state index >= 15 is 0 Å². The molecule has 0 aliphatic rings. The summed E-state index contributed by atoms with van der Waals surface area (Å²) in [6.45, 7) is 0.408. The van der Waals surface area contributed by atoms with E-state index in [9.17, 15) is 4.79 Å². The molecule has 1 N–H and O–H groups in total. The monoisotopic (exact) mass is 221 g/mol. The van der Waals surface area contributed by atoms with E-state index in [1.807, 2.05) is 6.26 Å². The number of carbonyl (C=O) groups excluding carboxylic acids is 1. The molecule has 0 saturated carbocycles. The van der Waals surface area contributed by atoms with Crippen LogP contribution in [0, 0.1) is 0 Å². The number of ether oxygens (including phenoxy) is 2. The van der Waals surface area contributed by atoms with Crippen molar-refractivity contribution in [3.63, 3.8) is 0 Å². The Balaban J connectivity index is 3.42. The summed E-state index contributed by atoms with van der Waals surface area (Å²) in [4.78, 5) is 11.2. The summed E-state index contributed by atoms with van der Waals surface area (Å²) in [7, 11) is 3.10. The van der Waals surface area contributed by atoms with E-state index in [1.54, 1.807) is 26.0 Å². The molecule has 14 heavy (non-hydrogen) atoms. The molecule has 0 aliphatic carbocycles. The van der Waals surface area contributed by atoms with Gasteiger partial charge in [-0.15, -0.1) is 0 Å². The number of thioether (sulfide) groups is 1. The second-order valence-corrected chi connectivity index (χ2v) is 3.79. The molecule has 0 bridgehead atoms. The third-order valence-corrected chi connectivity index (χ3v) is 2.44. The maximum atomic E-state index is 11.2. The van der Waals surface area contributed by atoms with Crippen molar-refractivity contribution >= 4 is 17.7 Å². The lowest BCUT2D eigenvalue weighted by atomic mass is 10.3. The molecule has 0 saturated heterocycles. The quantitative estimate of drug-likeness (QED) is 0.488. The molecule has 0 heterocycles. The van der Waals surface area contributed by atoms with Crippen LogP contribution in [0.25, 0.3) is 0 Å². The molecule has 0 aromatic heterocycles. The highest BCUT2D eigenvalue weighted by Crippen LogP contribution is 1.99. The Morgan fingerprint density at radius 3 is 2.57 bits per heavy atom. The van der Waals surface area contributed by atoms with Gasteiger partial charge in [-0.3, -0.25) is 4.79 Å². The molecule has 5 heteroatoms. The minimum Gasteiger partial charge on any atom is -0.354 e. The van der Waals surface area contributed by atoms with Crippen LogP contribution in [0.4, 0.5) is 0 Å². The third kappa shape index (κ3) is 7.17. The minimum atomic E-state index is -0.348. The Labute approximate surface area is 89.7 Å². The Bertz CT molecular complexity index is 151. The molecule has 4 nitrogen and oxygen atoms in total. The first-order valence-corrected chi connectivity index (χ1v) is 5.95. The molecular formula is C9H19NO3S. The highest BCUT2D eigenvalue weighted by atomic mass is 32.2. The van der Waals surface area contributed by atoms with Gasteiger partial charge in [0.2, 0.25) is 5.91 Å². The molecule has 0 radical (unpaired) electrons. The summed E-state index contributed by atoms with van der Waals surface area (Å²) in [6.07, 6.45) is 3.17. The number of methoxy groups -OCH3 is 2. The number of carbonyl (C=O) groups is 1. The standard InChI is InChI=1S/C9H19NO3S/c1-12-9(13-2)7-10-8(11)5-4-6-14-3/h9H,4-7H2,1-3H3,(H,10,11). The van der Waals surface area contributed by atoms with Crippen LogP contribution in [0.5, 0.6) is 0 Å². The lowest BCUT2D eigenvalue weighted by Crippen LogP contribution is -2.34. The third-order valence-electron chi connectivity index (χ3n) is 1.74. The van der Waals surface area contributed by atoms with E-state index in [0.717, 1.165) is 12.2 Å². The highest BCUT2D eigenvalue weighted by Gasteiger charge is 2.06. The SMILES string of the molecule is COC(CNC(=O)CCCSC)OC. The fraction of sp³-hybridized carbons (Fsp3) is 0.889. The molecule has 1 amide bonds. The van der Waals surface area contributed by atoms with Gasteiger partial charge < -0.3 is 14.8 Å². The maximum Gasteiger partial charge on any atom is 0.220 e. The number of hydrogen-bond acceptors (Lipinski definition) is 4. The average molecular weight is 221 g/mol. The molecule has 0 atom stereocenters. The van der Waals surface area contributed by atoms with Gasteiger partial charge in [0.1, 0.15) is 0 Å². The van der Waals surface area contributed by atoms with Crippen molar-refractivity contribution < 1.29 is 14.3 Å². The lowest BCUT2D eigenvalue weighted by molar-refractivity contribution is -0.127. The summed E-state index contributed by atoms with van der Waals surface area (Å²) in [5.41, 5.74) is 0. The van der Waals surface area contributed by atoms with Crippen molar-refractivity contribution in [3.05, 3.63) is 0 Å². The Morgan fingerprint density at radius 2 is 2.07 bits per heavy atom. The summed E-state index contributed by atoms with van der Waals surface area (Å²) in [5, 5.41) is 2.75. The lowest BCUT2D eigenvalue weighted by Gasteiger charge is -2.13. The molecule has 0 fully saturated rings. The van der Waals surface area contributed by atoms with Gasteiger partial charge in [0, 0.05) is 20.6 Å². The fourth-order valence-electron chi connectivity index (χ4n) is 0.926. The molecular weight excluding hydrogens is 202 g/mol. The van der Waals surface area contributed by atoms with Crippen molar-refractivity contribution in [2.45, 2.75) is 19.1 Å². The molecule has 0 spiro atoms. The molecule has 0 rings (SSSR count). The van der Waals surface area contributed by atoms with Crippen LogP contribution in [-0.2, 0) is 14.3 Å². The van der Waals surface area contributed by atoms with Crippen LogP contribution >= 0.6 is 11.8 Å². The van der Waals surface area contributed by atoms with Gasteiger partial charge in [0.15, 0.2) is 6.29 Å². The first kappa shape index (κ1) is 13.7. The van der Waals surface area contributed by atoms with E-state index in [4.69, 9.17) is 9.47 Å². The van der Waals surface area contributed by atoms with Gasteiger partial charge in [0.05, 0.1) is 6.54 Å². The molecule has 0 aromatic rings. The molecule has 0 aromatic carbocycles. The van der Waals surface area contributed by atoms with Crippen LogP contribution in [0.3, 0.4) is 0 Å². The Hall–Kier alpha value is -0.260. The van der Waals surface area contributed by atoms with Crippen LogP contribution in [0.2, 0.25) is 0 Å². The zero-order chi connectivity index (χ0) is 10.8. The average Bonchev–Trinajstić information content (AvgIpc) is 2.20. The van der Waals surface area contributed by atoms with Crippen molar-refractivity contribution in [1.29, 1.82) is 0 Å². The van der Waals surface area contributed by atoms with Crippen molar-refractivity contribution in [2.24, 2.45) is 0 Å². The zero-order valence-electron chi connectivity index (χ0n) is 9.04. The number of nitrogens with one attached hydrogen (secondary N) is 1. The predicted octanol–water partition coefficient (Wildman–Crippen LogP) is 0.865. The summed E-state index contributed by atoms with van der Waals surface area (Å²) >= 11 is 1.75. The summed E-state index contributed by atoms with van der Waals surface area (Å²) in [5.74, 6) is 1.07. The van der Waals surface area contributed by atoms with Gasteiger partial charge in [0.25, 0.3) is 0 Å². The highest BCUT2D eigenvalue weighted by molar-refractivity contribution is 7.98. The molecule has 0 aliphatic heterocycles. The Kier molecular flexibility index (Phi) is 9.13. The van der Waals surface area contributed by atoms with Gasteiger partial charge in [-0.25, -0.2) is 0 Å². The van der Waals surface area contributed by atoms with Crippen LogP contribution in [0.15, 0.2) is 0 Å². The largest absolute Gasteiger partial charge is 0.354 e. The van der Waals surface area contributed by atoms with Gasteiger partial charge in [-0.05, 0) is 18.4 Å².